The van der Waals surface area contributed by atoms with Gasteiger partial charge in [-0.3, -0.25) is 9.59 Å². The van der Waals surface area contributed by atoms with E-state index >= 15 is 0 Å². The number of carboxylic acids is 1. The van der Waals surface area contributed by atoms with Crippen molar-refractivity contribution in [3.8, 4) is 11.1 Å². The van der Waals surface area contributed by atoms with Crippen LogP contribution in [0.4, 0.5) is 13.6 Å². The summed E-state index contributed by atoms with van der Waals surface area (Å²) in [7, 11) is 0. The Hall–Kier alpha value is -3.49. The molecule has 2 aromatic carbocycles. The van der Waals surface area contributed by atoms with Gasteiger partial charge in [-0.1, -0.05) is 48.5 Å². The quantitative estimate of drug-likeness (QED) is 0.515. The number of benzene rings is 2. The monoisotopic (exact) mass is 472 g/mol. The highest BCUT2D eigenvalue weighted by Gasteiger charge is 2.71. The zero-order valence-electron chi connectivity index (χ0n) is 18.6. The molecule has 0 heterocycles. The molecule has 2 aliphatic carbocycles. The lowest BCUT2D eigenvalue weighted by Crippen LogP contribution is -2.36. The zero-order chi connectivity index (χ0) is 24.5. The van der Waals surface area contributed by atoms with E-state index in [1.54, 1.807) is 6.92 Å². The predicted octanol–water partition coefficient (Wildman–Crippen LogP) is 3.78. The van der Waals surface area contributed by atoms with Crippen LogP contribution >= 0.6 is 0 Å². The van der Waals surface area contributed by atoms with Gasteiger partial charge in [-0.15, -0.1) is 0 Å². The van der Waals surface area contributed by atoms with E-state index < -0.39 is 48.3 Å². The van der Waals surface area contributed by atoms with Crippen LogP contribution < -0.4 is 10.6 Å². The second-order valence-corrected chi connectivity index (χ2v) is 8.81. The lowest BCUT2D eigenvalue weighted by molar-refractivity contribution is -0.137. The summed E-state index contributed by atoms with van der Waals surface area (Å²) < 4.78 is 33.6. The first-order chi connectivity index (χ1) is 16.2. The van der Waals surface area contributed by atoms with E-state index in [0.717, 1.165) is 22.3 Å². The number of ether oxygens (including phenoxy) is 1. The van der Waals surface area contributed by atoms with Crippen LogP contribution in [0.15, 0.2) is 48.5 Å². The second-order valence-electron chi connectivity index (χ2n) is 8.81. The molecule has 0 radical (unpaired) electrons. The third-order valence-electron chi connectivity index (χ3n) is 6.47. The van der Waals surface area contributed by atoms with E-state index in [-0.39, 0.29) is 25.4 Å². The Balaban J connectivity index is 1.28. The number of carbonyl (C=O) groups is 3. The van der Waals surface area contributed by atoms with Crippen LogP contribution in [-0.2, 0) is 14.3 Å². The number of carbonyl (C=O) groups excluding carboxylic acids is 2. The molecular weight excluding hydrogens is 446 g/mol. The van der Waals surface area contributed by atoms with Crippen LogP contribution in [0.5, 0.6) is 0 Å². The van der Waals surface area contributed by atoms with Crippen molar-refractivity contribution in [2.24, 2.45) is 11.8 Å². The summed E-state index contributed by atoms with van der Waals surface area (Å²) in [4.78, 5) is 35.0. The normalized spacial score (nSPS) is 20.6. The van der Waals surface area contributed by atoms with Gasteiger partial charge >= 0.3 is 12.1 Å². The van der Waals surface area contributed by atoms with Crippen molar-refractivity contribution < 1.29 is 33.0 Å². The first kappa shape index (κ1) is 23.7. The number of hydrogen-bond acceptors (Lipinski definition) is 4. The Morgan fingerprint density at radius 2 is 1.65 bits per heavy atom. The molecule has 9 heteroatoms. The molecule has 1 saturated carbocycles. The van der Waals surface area contributed by atoms with E-state index in [2.05, 4.69) is 10.6 Å². The van der Waals surface area contributed by atoms with E-state index in [1.807, 2.05) is 48.5 Å². The molecule has 2 aromatic rings. The van der Waals surface area contributed by atoms with E-state index in [4.69, 9.17) is 9.84 Å². The van der Waals surface area contributed by atoms with Gasteiger partial charge in [-0.2, -0.15) is 0 Å². The number of hydrogen-bond donors (Lipinski definition) is 3. The fourth-order valence-corrected chi connectivity index (χ4v) is 4.59. The summed E-state index contributed by atoms with van der Waals surface area (Å²) >= 11 is 0. The van der Waals surface area contributed by atoms with Crippen LogP contribution in [0, 0.1) is 11.8 Å². The molecule has 0 saturated heterocycles. The average molecular weight is 472 g/mol. The standard InChI is InChI=1S/C25H26F2N2O5/c1-14(10-11-21(30)31)29-23(32)22-20(25(22,26)27)12-28-24(33)34-13-19-17-8-4-2-6-15(17)16-7-3-5-9-18(16)19/h2-9,14,19-20,22H,10-13H2,1H3,(H,28,33)(H,29,32)(H,30,31). The van der Waals surface area contributed by atoms with Gasteiger partial charge in [0.1, 0.15) is 12.5 Å². The third-order valence-corrected chi connectivity index (χ3v) is 6.47. The van der Waals surface area contributed by atoms with Crippen molar-refractivity contribution in [3.05, 3.63) is 59.7 Å². The first-order valence-electron chi connectivity index (χ1n) is 11.2. The highest BCUT2D eigenvalue weighted by atomic mass is 19.3. The summed E-state index contributed by atoms with van der Waals surface area (Å²) in [5.74, 6) is -8.15. The second kappa shape index (κ2) is 9.40. The molecule has 180 valence electrons. The SMILES string of the molecule is CC(CCC(=O)O)NC(=O)C1C(CNC(=O)OCC2c3ccccc3-c3ccccc32)C1(F)F. The Morgan fingerprint density at radius 3 is 2.24 bits per heavy atom. The van der Waals surface area contributed by atoms with Crippen LogP contribution in [0.25, 0.3) is 11.1 Å². The minimum absolute atomic E-state index is 0.0614. The molecule has 0 spiro atoms. The van der Waals surface area contributed by atoms with Crippen LogP contribution in [-0.4, -0.2) is 48.2 Å². The summed E-state index contributed by atoms with van der Waals surface area (Å²) in [6.07, 6.45) is -0.851. The Kier molecular flexibility index (Phi) is 6.54. The number of alkyl carbamates (subject to hydrolysis) is 1. The largest absolute Gasteiger partial charge is 0.481 e. The number of alkyl halides is 2. The Labute approximate surface area is 195 Å². The van der Waals surface area contributed by atoms with Crippen molar-refractivity contribution in [1.82, 2.24) is 10.6 Å². The third kappa shape index (κ3) is 4.73. The van der Waals surface area contributed by atoms with E-state index in [0.29, 0.717) is 0 Å². The van der Waals surface area contributed by atoms with Crippen LogP contribution in [0.3, 0.4) is 0 Å². The maximum Gasteiger partial charge on any atom is 0.407 e. The van der Waals surface area contributed by atoms with Gasteiger partial charge in [0.25, 0.3) is 5.92 Å². The lowest BCUT2D eigenvalue weighted by atomic mass is 9.98. The molecule has 0 bridgehead atoms. The lowest BCUT2D eigenvalue weighted by Gasteiger charge is -2.14. The fourth-order valence-electron chi connectivity index (χ4n) is 4.59. The highest BCUT2D eigenvalue weighted by Crippen LogP contribution is 2.55. The molecule has 3 atom stereocenters. The van der Waals surface area contributed by atoms with Crippen molar-refractivity contribution in [3.63, 3.8) is 0 Å². The van der Waals surface area contributed by atoms with Gasteiger partial charge in [0.15, 0.2) is 0 Å². The number of halogens is 2. The molecule has 34 heavy (non-hydrogen) atoms. The zero-order valence-corrected chi connectivity index (χ0v) is 18.6. The molecule has 0 aromatic heterocycles. The minimum atomic E-state index is -3.24. The Bertz CT molecular complexity index is 1060. The number of fused-ring (bicyclic) bond motifs is 3. The van der Waals surface area contributed by atoms with Gasteiger partial charge in [0.05, 0.1) is 5.92 Å². The van der Waals surface area contributed by atoms with Crippen molar-refractivity contribution in [2.45, 2.75) is 37.6 Å². The maximum atomic E-state index is 14.1. The first-order valence-corrected chi connectivity index (χ1v) is 11.2. The van der Waals surface area contributed by atoms with Gasteiger partial charge in [-0.25, -0.2) is 13.6 Å². The molecule has 2 aliphatic rings. The molecule has 4 rings (SSSR count). The fraction of sp³-hybridized carbons (Fsp3) is 0.400. The number of carboxylic acid groups (broad SMARTS) is 1. The smallest absolute Gasteiger partial charge is 0.407 e. The predicted molar refractivity (Wildman–Crippen MR) is 119 cm³/mol. The average Bonchev–Trinajstić information content (AvgIpc) is 3.21. The summed E-state index contributed by atoms with van der Waals surface area (Å²) in [6, 6.07) is 15.2. The van der Waals surface area contributed by atoms with Gasteiger partial charge < -0.3 is 20.5 Å². The summed E-state index contributed by atoms with van der Waals surface area (Å²) in [5, 5.41) is 13.5. The topological polar surface area (TPSA) is 105 Å². The molecule has 3 N–H and O–H groups in total. The van der Waals surface area contributed by atoms with Crippen molar-refractivity contribution in [2.75, 3.05) is 13.2 Å². The van der Waals surface area contributed by atoms with Crippen molar-refractivity contribution in [1.29, 1.82) is 0 Å². The number of rotatable bonds is 9. The molecule has 0 aliphatic heterocycles. The maximum absolute atomic E-state index is 14.1. The number of aliphatic carboxylic acids is 1. The number of nitrogens with one attached hydrogen (secondary N) is 2. The van der Waals surface area contributed by atoms with Crippen LogP contribution in [0.2, 0.25) is 0 Å². The summed E-state index contributed by atoms with van der Waals surface area (Å²) in [6.45, 7) is 1.22. The molecule has 3 unspecified atom stereocenters. The van der Waals surface area contributed by atoms with Crippen molar-refractivity contribution >= 4 is 18.0 Å². The molecule has 7 nitrogen and oxygen atoms in total. The van der Waals surface area contributed by atoms with Gasteiger partial charge in [0.2, 0.25) is 5.91 Å². The number of amides is 2. The minimum Gasteiger partial charge on any atom is -0.481 e. The van der Waals surface area contributed by atoms with Gasteiger partial charge in [0, 0.05) is 24.9 Å². The Morgan fingerprint density at radius 1 is 1.06 bits per heavy atom. The molecule has 1 fully saturated rings. The molecule has 2 amide bonds. The molecular formula is C25H26F2N2O5. The van der Waals surface area contributed by atoms with Crippen LogP contribution in [0.1, 0.15) is 36.8 Å². The summed E-state index contributed by atoms with van der Waals surface area (Å²) in [5.41, 5.74) is 4.24. The highest BCUT2D eigenvalue weighted by molar-refractivity contribution is 5.84. The van der Waals surface area contributed by atoms with Gasteiger partial charge in [-0.05, 0) is 35.6 Å². The van der Waals surface area contributed by atoms with E-state index in [9.17, 15) is 23.2 Å². The van der Waals surface area contributed by atoms with E-state index in [1.165, 1.54) is 0 Å².